The minimum Gasteiger partial charge on any atom is -0.462 e. The zero-order chi connectivity index (χ0) is 20.1. The molecule has 0 aliphatic rings. The number of hydrogen-bond acceptors (Lipinski definition) is 5. The summed E-state index contributed by atoms with van der Waals surface area (Å²) in [5.74, 6) is -1.81. The van der Waals surface area contributed by atoms with Crippen LogP contribution >= 0.6 is 11.3 Å². The van der Waals surface area contributed by atoms with Crippen molar-refractivity contribution in [1.82, 2.24) is 0 Å². The van der Waals surface area contributed by atoms with Gasteiger partial charge in [-0.25, -0.2) is 9.18 Å². The summed E-state index contributed by atoms with van der Waals surface area (Å²) in [6, 6.07) is 14.0. The summed E-state index contributed by atoms with van der Waals surface area (Å²) in [6.07, 6.45) is 0.576. The summed E-state index contributed by atoms with van der Waals surface area (Å²) in [4.78, 5) is 25.3. The number of carbonyl (C=O) groups excluding carboxylic acids is 2. The molecule has 1 heterocycles. The second kappa shape index (κ2) is 8.97. The van der Waals surface area contributed by atoms with E-state index < -0.39 is 23.7 Å². The maximum absolute atomic E-state index is 14.4. The van der Waals surface area contributed by atoms with E-state index in [4.69, 9.17) is 9.47 Å². The SMILES string of the molecule is CCOC(=O)c1sc2cccc(F)c2c1COC(=O)[C@H](CC)c1ccccc1. The summed E-state index contributed by atoms with van der Waals surface area (Å²) in [7, 11) is 0. The van der Waals surface area contributed by atoms with Crippen LogP contribution < -0.4 is 0 Å². The molecular weight excluding hydrogens is 379 g/mol. The molecule has 0 bridgehead atoms. The lowest BCUT2D eigenvalue weighted by molar-refractivity contribution is -0.146. The lowest BCUT2D eigenvalue weighted by Crippen LogP contribution is -2.16. The van der Waals surface area contributed by atoms with Gasteiger partial charge in [0, 0.05) is 15.6 Å². The summed E-state index contributed by atoms with van der Waals surface area (Å²) in [6.45, 7) is 3.64. The first kappa shape index (κ1) is 20.0. The summed E-state index contributed by atoms with van der Waals surface area (Å²) >= 11 is 1.14. The molecule has 3 aromatic rings. The Labute approximate surface area is 166 Å². The van der Waals surface area contributed by atoms with Crippen molar-refractivity contribution in [2.75, 3.05) is 6.61 Å². The molecule has 2 aromatic carbocycles. The summed E-state index contributed by atoms with van der Waals surface area (Å²) in [5.41, 5.74) is 1.22. The number of fused-ring (bicyclic) bond motifs is 1. The highest BCUT2D eigenvalue weighted by Crippen LogP contribution is 2.35. The van der Waals surface area contributed by atoms with E-state index in [0.29, 0.717) is 22.1 Å². The molecular formula is C22H21FO4S. The maximum atomic E-state index is 14.4. The Morgan fingerprint density at radius 3 is 2.46 bits per heavy atom. The smallest absolute Gasteiger partial charge is 0.348 e. The first-order chi connectivity index (χ1) is 13.6. The van der Waals surface area contributed by atoms with E-state index in [-0.39, 0.29) is 18.1 Å². The first-order valence-electron chi connectivity index (χ1n) is 9.15. The largest absolute Gasteiger partial charge is 0.462 e. The van der Waals surface area contributed by atoms with Gasteiger partial charge < -0.3 is 9.47 Å². The minimum atomic E-state index is -0.538. The number of halogens is 1. The van der Waals surface area contributed by atoms with Crippen LogP contribution in [0.25, 0.3) is 10.1 Å². The third-order valence-corrected chi connectivity index (χ3v) is 5.65. The van der Waals surface area contributed by atoms with Crippen molar-refractivity contribution in [1.29, 1.82) is 0 Å². The average molecular weight is 400 g/mol. The quantitative estimate of drug-likeness (QED) is 0.495. The fourth-order valence-corrected chi connectivity index (χ4v) is 4.25. The van der Waals surface area contributed by atoms with Gasteiger partial charge in [0.15, 0.2) is 0 Å². The Balaban J connectivity index is 1.89. The lowest BCUT2D eigenvalue weighted by Gasteiger charge is -2.15. The first-order valence-corrected chi connectivity index (χ1v) is 9.97. The van der Waals surface area contributed by atoms with Gasteiger partial charge in [-0.2, -0.15) is 0 Å². The Bertz CT molecular complexity index is 981. The van der Waals surface area contributed by atoms with Crippen LogP contribution in [0.2, 0.25) is 0 Å². The highest BCUT2D eigenvalue weighted by molar-refractivity contribution is 7.21. The molecule has 0 unspecified atom stereocenters. The van der Waals surface area contributed by atoms with Gasteiger partial charge in [-0.15, -0.1) is 11.3 Å². The van der Waals surface area contributed by atoms with Gasteiger partial charge in [0.2, 0.25) is 0 Å². The zero-order valence-corrected chi connectivity index (χ0v) is 16.6. The van der Waals surface area contributed by atoms with E-state index in [2.05, 4.69) is 0 Å². The second-order valence-electron chi connectivity index (χ2n) is 6.22. The highest BCUT2D eigenvalue weighted by Gasteiger charge is 2.25. The zero-order valence-electron chi connectivity index (χ0n) is 15.7. The molecule has 0 aliphatic heterocycles. The molecule has 28 heavy (non-hydrogen) atoms. The number of rotatable bonds is 7. The van der Waals surface area contributed by atoms with E-state index in [1.165, 1.54) is 6.07 Å². The molecule has 0 amide bonds. The predicted molar refractivity (Wildman–Crippen MR) is 107 cm³/mol. The van der Waals surface area contributed by atoms with E-state index >= 15 is 0 Å². The molecule has 1 aromatic heterocycles. The van der Waals surface area contributed by atoms with Crippen LogP contribution in [0.15, 0.2) is 48.5 Å². The van der Waals surface area contributed by atoms with Crippen LogP contribution in [-0.2, 0) is 20.9 Å². The van der Waals surface area contributed by atoms with Crippen molar-refractivity contribution in [2.45, 2.75) is 32.8 Å². The van der Waals surface area contributed by atoms with Crippen molar-refractivity contribution >= 4 is 33.4 Å². The Morgan fingerprint density at radius 2 is 1.79 bits per heavy atom. The van der Waals surface area contributed by atoms with Gasteiger partial charge in [0.1, 0.15) is 17.3 Å². The Kier molecular flexibility index (Phi) is 6.41. The number of thiophene rings is 1. The summed E-state index contributed by atoms with van der Waals surface area (Å²) in [5, 5.41) is 0.302. The van der Waals surface area contributed by atoms with Crippen molar-refractivity contribution in [2.24, 2.45) is 0 Å². The number of carbonyl (C=O) groups is 2. The molecule has 0 fully saturated rings. The monoisotopic (exact) mass is 400 g/mol. The molecule has 0 radical (unpaired) electrons. The fourth-order valence-electron chi connectivity index (χ4n) is 3.13. The second-order valence-corrected chi connectivity index (χ2v) is 7.27. The molecule has 0 spiro atoms. The summed E-state index contributed by atoms with van der Waals surface area (Å²) < 4.78 is 25.7. The molecule has 6 heteroatoms. The Morgan fingerprint density at radius 1 is 1.04 bits per heavy atom. The van der Waals surface area contributed by atoms with Gasteiger partial charge in [-0.05, 0) is 31.0 Å². The maximum Gasteiger partial charge on any atom is 0.348 e. The number of hydrogen-bond donors (Lipinski definition) is 0. The van der Waals surface area contributed by atoms with E-state index in [1.807, 2.05) is 37.3 Å². The molecule has 0 aliphatic carbocycles. The normalized spacial score (nSPS) is 12.0. The number of ether oxygens (including phenoxy) is 2. The molecule has 1 atom stereocenters. The number of benzene rings is 2. The van der Waals surface area contributed by atoms with Crippen LogP contribution in [0, 0.1) is 5.82 Å². The van der Waals surface area contributed by atoms with Crippen molar-refractivity contribution in [3.05, 3.63) is 70.4 Å². The fraction of sp³-hybridized carbons (Fsp3) is 0.273. The van der Waals surface area contributed by atoms with Crippen molar-refractivity contribution < 1.29 is 23.5 Å². The topological polar surface area (TPSA) is 52.6 Å². The van der Waals surface area contributed by atoms with Crippen LogP contribution in [0.1, 0.15) is 47.0 Å². The van der Waals surface area contributed by atoms with Gasteiger partial charge in [0.05, 0.1) is 12.5 Å². The van der Waals surface area contributed by atoms with Crippen LogP contribution in [0.4, 0.5) is 4.39 Å². The standard InChI is InChI=1S/C22H21FO4S/c1-3-15(14-9-6-5-7-10-14)21(24)27-13-16-19-17(23)11-8-12-18(19)28-20(16)22(25)26-4-2/h5-12,15H,3-4,13H2,1-2H3/t15-/m1/s1. The van der Waals surface area contributed by atoms with Crippen LogP contribution in [0.5, 0.6) is 0 Å². The lowest BCUT2D eigenvalue weighted by atomic mass is 9.97. The van der Waals surface area contributed by atoms with Crippen molar-refractivity contribution in [3.63, 3.8) is 0 Å². The molecule has 0 saturated carbocycles. The van der Waals surface area contributed by atoms with Crippen LogP contribution in [-0.4, -0.2) is 18.5 Å². The third-order valence-electron chi connectivity index (χ3n) is 4.48. The molecule has 0 saturated heterocycles. The van der Waals surface area contributed by atoms with Gasteiger partial charge in [0.25, 0.3) is 0 Å². The van der Waals surface area contributed by atoms with E-state index in [1.54, 1.807) is 19.1 Å². The van der Waals surface area contributed by atoms with Crippen LogP contribution in [0.3, 0.4) is 0 Å². The van der Waals surface area contributed by atoms with E-state index in [9.17, 15) is 14.0 Å². The van der Waals surface area contributed by atoms with Gasteiger partial charge >= 0.3 is 11.9 Å². The van der Waals surface area contributed by atoms with Gasteiger partial charge in [-0.3, -0.25) is 4.79 Å². The average Bonchev–Trinajstić information content (AvgIpc) is 3.08. The minimum absolute atomic E-state index is 0.183. The Hall–Kier alpha value is -2.73. The van der Waals surface area contributed by atoms with E-state index in [0.717, 1.165) is 16.9 Å². The van der Waals surface area contributed by atoms with Gasteiger partial charge in [-0.1, -0.05) is 43.3 Å². The predicted octanol–water partition coefficient (Wildman–Crippen LogP) is 5.45. The molecule has 146 valence electrons. The molecule has 4 nitrogen and oxygen atoms in total. The van der Waals surface area contributed by atoms with Crippen molar-refractivity contribution in [3.8, 4) is 0 Å². The third kappa shape index (κ3) is 4.07. The number of esters is 2. The highest BCUT2D eigenvalue weighted by atomic mass is 32.1. The molecule has 3 rings (SSSR count). The molecule has 0 N–H and O–H groups in total.